The Hall–Kier alpha value is -2.08. The van der Waals surface area contributed by atoms with Crippen LogP contribution in [0.3, 0.4) is 0 Å². The van der Waals surface area contributed by atoms with E-state index in [2.05, 4.69) is 54.5 Å². The molecule has 1 aliphatic carbocycles. The summed E-state index contributed by atoms with van der Waals surface area (Å²) in [6.45, 7) is 6.67. The lowest BCUT2D eigenvalue weighted by atomic mass is 9.80. The Morgan fingerprint density at radius 3 is 2.93 bits per heavy atom. The Morgan fingerprint density at radius 1 is 1.26 bits per heavy atom. The molecule has 27 heavy (non-hydrogen) atoms. The molecule has 1 aliphatic heterocycles. The fourth-order valence-electron chi connectivity index (χ4n) is 3.85. The number of rotatable bonds is 4. The number of ether oxygens (including phenoxy) is 1. The zero-order chi connectivity index (χ0) is 18.8. The van der Waals surface area contributed by atoms with Gasteiger partial charge in [-0.1, -0.05) is 55.5 Å². The lowest BCUT2D eigenvalue weighted by molar-refractivity contribution is 0.114. The summed E-state index contributed by atoms with van der Waals surface area (Å²) in [5, 5.41) is 13.1. The van der Waals surface area contributed by atoms with Gasteiger partial charge in [0.1, 0.15) is 0 Å². The van der Waals surface area contributed by atoms with Gasteiger partial charge in [-0.25, -0.2) is 0 Å². The minimum Gasteiger partial charge on any atom is -0.452 e. The van der Waals surface area contributed by atoms with Gasteiger partial charge in [0.15, 0.2) is 11.9 Å². The van der Waals surface area contributed by atoms with Gasteiger partial charge in [-0.2, -0.15) is 4.98 Å². The Bertz CT molecular complexity index is 854. The Morgan fingerprint density at radius 2 is 2.11 bits per heavy atom. The molecule has 142 valence electrons. The Labute approximate surface area is 165 Å². The molecular formula is C21H26N4OS. The average molecular weight is 383 g/mol. The van der Waals surface area contributed by atoms with Crippen LogP contribution < -0.4 is 10.1 Å². The second-order valence-corrected chi connectivity index (χ2v) is 8.52. The molecular weight excluding hydrogens is 356 g/mol. The summed E-state index contributed by atoms with van der Waals surface area (Å²) < 4.78 is 6.44. The van der Waals surface area contributed by atoms with E-state index in [1.807, 2.05) is 12.1 Å². The highest BCUT2D eigenvalue weighted by Crippen LogP contribution is 2.40. The van der Waals surface area contributed by atoms with Crippen molar-refractivity contribution in [2.75, 3.05) is 11.1 Å². The second-order valence-electron chi connectivity index (χ2n) is 7.46. The molecule has 2 aliphatic rings. The summed E-state index contributed by atoms with van der Waals surface area (Å²) in [5.74, 6) is 2.49. The number of aromatic nitrogens is 3. The fourth-order valence-corrected chi connectivity index (χ4v) is 4.48. The molecule has 2 aromatic rings. The summed E-state index contributed by atoms with van der Waals surface area (Å²) in [7, 11) is 0. The smallest absolute Gasteiger partial charge is 0.247 e. The zero-order valence-electron chi connectivity index (χ0n) is 16.1. The van der Waals surface area contributed by atoms with Crippen molar-refractivity contribution in [3.8, 4) is 17.1 Å². The van der Waals surface area contributed by atoms with Crippen LogP contribution in [0.25, 0.3) is 11.3 Å². The summed E-state index contributed by atoms with van der Waals surface area (Å²) in [5.41, 5.74) is 4.22. The lowest BCUT2D eigenvalue weighted by Crippen LogP contribution is -2.39. The summed E-state index contributed by atoms with van der Waals surface area (Å²) >= 11 is 1.62. The van der Waals surface area contributed by atoms with Gasteiger partial charge in [-0.3, -0.25) is 0 Å². The van der Waals surface area contributed by atoms with E-state index in [0.29, 0.717) is 22.9 Å². The number of thioether (sulfide) groups is 1. The standard InChI is InChI=1S/C21H26N4OS/c1-4-11-27-21-23-20-18(24-25-21)16-7-5-6-8-17(16)22-19(26-20)15-10-9-13(2)12-14(15)3/h5-9,14-15,19,22H,4,10-12H2,1-3H3/t14-,15-,19-/m1/s1. The van der Waals surface area contributed by atoms with E-state index >= 15 is 0 Å². The van der Waals surface area contributed by atoms with E-state index in [4.69, 9.17) is 9.72 Å². The van der Waals surface area contributed by atoms with E-state index in [-0.39, 0.29) is 6.23 Å². The van der Waals surface area contributed by atoms with E-state index in [9.17, 15) is 0 Å². The SMILES string of the molecule is CCCSc1nnc2c(n1)O[C@H]([C@@H]1CC=C(C)C[C@H]1C)Nc1ccccc1-2. The van der Waals surface area contributed by atoms with Crippen molar-refractivity contribution in [3.05, 3.63) is 35.9 Å². The maximum atomic E-state index is 6.44. The maximum absolute atomic E-state index is 6.44. The van der Waals surface area contributed by atoms with Crippen LogP contribution in [-0.2, 0) is 0 Å². The van der Waals surface area contributed by atoms with E-state index in [0.717, 1.165) is 42.0 Å². The molecule has 0 bridgehead atoms. The molecule has 2 heterocycles. The normalized spacial score (nSPS) is 24.0. The topological polar surface area (TPSA) is 59.9 Å². The van der Waals surface area contributed by atoms with E-state index in [1.165, 1.54) is 5.57 Å². The van der Waals surface area contributed by atoms with Crippen molar-refractivity contribution in [2.45, 2.75) is 51.4 Å². The molecule has 1 aromatic carbocycles. The molecule has 0 radical (unpaired) electrons. The minimum atomic E-state index is -0.132. The van der Waals surface area contributed by atoms with Crippen molar-refractivity contribution in [1.82, 2.24) is 15.2 Å². The number of para-hydroxylation sites is 1. The molecule has 0 saturated carbocycles. The van der Waals surface area contributed by atoms with Gasteiger partial charge in [0.2, 0.25) is 11.0 Å². The number of benzene rings is 1. The van der Waals surface area contributed by atoms with Crippen LogP contribution in [0.4, 0.5) is 5.69 Å². The minimum absolute atomic E-state index is 0.132. The lowest BCUT2D eigenvalue weighted by Gasteiger charge is -2.34. The fraction of sp³-hybridized carbons (Fsp3) is 0.476. The van der Waals surface area contributed by atoms with E-state index in [1.54, 1.807) is 11.8 Å². The van der Waals surface area contributed by atoms with Gasteiger partial charge in [0.05, 0.1) is 0 Å². The van der Waals surface area contributed by atoms with Crippen LogP contribution >= 0.6 is 11.8 Å². The number of fused-ring (bicyclic) bond motifs is 3. The van der Waals surface area contributed by atoms with Crippen LogP contribution in [0, 0.1) is 11.8 Å². The summed E-state index contributed by atoms with van der Waals surface area (Å²) in [6.07, 6.45) is 5.41. The highest BCUT2D eigenvalue weighted by molar-refractivity contribution is 7.99. The van der Waals surface area contributed by atoms with Crippen molar-refractivity contribution >= 4 is 17.4 Å². The van der Waals surface area contributed by atoms with Gasteiger partial charge < -0.3 is 10.1 Å². The first kappa shape index (κ1) is 18.3. The summed E-state index contributed by atoms with van der Waals surface area (Å²) in [6, 6.07) is 8.18. The first-order valence-corrected chi connectivity index (χ1v) is 10.7. The predicted molar refractivity (Wildman–Crippen MR) is 110 cm³/mol. The van der Waals surface area contributed by atoms with Crippen LogP contribution in [-0.4, -0.2) is 27.2 Å². The number of hydrogen-bond acceptors (Lipinski definition) is 6. The van der Waals surface area contributed by atoms with Crippen LogP contribution in [0.1, 0.15) is 40.0 Å². The molecule has 6 heteroatoms. The first-order valence-electron chi connectivity index (χ1n) is 9.71. The molecule has 0 fully saturated rings. The van der Waals surface area contributed by atoms with Crippen LogP contribution in [0.5, 0.6) is 5.88 Å². The molecule has 4 rings (SSSR count). The Kier molecular flexibility index (Phi) is 5.34. The molecule has 0 spiro atoms. The number of hydrogen-bond donors (Lipinski definition) is 1. The summed E-state index contributed by atoms with van der Waals surface area (Å²) in [4.78, 5) is 4.71. The maximum Gasteiger partial charge on any atom is 0.247 e. The van der Waals surface area contributed by atoms with Crippen molar-refractivity contribution < 1.29 is 4.74 Å². The highest BCUT2D eigenvalue weighted by atomic mass is 32.2. The van der Waals surface area contributed by atoms with Gasteiger partial charge in [-0.15, -0.1) is 10.2 Å². The van der Waals surface area contributed by atoms with Crippen molar-refractivity contribution in [3.63, 3.8) is 0 Å². The van der Waals surface area contributed by atoms with E-state index < -0.39 is 0 Å². The van der Waals surface area contributed by atoms with Crippen molar-refractivity contribution in [1.29, 1.82) is 0 Å². The monoisotopic (exact) mass is 382 g/mol. The zero-order valence-corrected chi connectivity index (χ0v) is 16.9. The molecule has 0 amide bonds. The average Bonchev–Trinajstić information content (AvgIpc) is 2.82. The number of nitrogens with zero attached hydrogens (tertiary/aromatic N) is 3. The number of allylic oxidation sites excluding steroid dienone is 2. The van der Waals surface area contributed by atoms with Gasteiger partial charge in [0.25, 0.3) is 0 Å². The highest BCUT2D eigenvalue weighted by Gasteiger charge is 2.34. The molecule has 1 aromatic heterocycles. The predicted octanol–water partition coefficient (Wildman–Crippen LogP) is 5.16. The van der Waals surface area contributed by atoms with Crippen LogP contribution in [0.15, 0.2) is 41.1 Å². The number of anilines is 1. The molecule has 5 nitrogen and oxygen atoms in total. The third-order valence-corrected chi connectivity index (χ3v) is 6.33. The van der Waals surface area contributed by atoms with Crippen LogP contribution in [0.2, 0.25) is 0 Å². The second kappa shape index (κ2) is 7.89. The molecule has 0 saturated heterocycles. The first-order chi connectivity index (χ1) is 13.2. The van der Waals surface area contributed by atoms with Gasteiger partial charge >= 0.3 is 0 Å². The molecule has 1 N–H and O–H groups in total. The largest absolute Gasteiger partial charge is 0.452 e. The third kappa shape index (κ3) is 3.81. The molecule has 0 unspecified atom stereocenters. The van der Waals surface area contributed by atoms with Crippen molar-refractivity contribution in [2.24, 2.45) is 11.8 Å². The third-order valence-electron chi connectivity index (χ3n) is 5.29. The molecule has 3 atom stereocenters. The quantitative estimate of drug-likeness (QED) is 0.582. The van der Waals surface area contributed by atoms with Gasteiger partial charge in [0, 0.05) is 22.9 Å². The number of nitrogens with one attached hydrogen (secondary N) is 1. The Balaban J connectivity index is 1.72. The van der Waals surface area contributed by atoms with Gasteiger partial charge in [-0.05, 0) is 38.2 Å².